The molecule has 2 heterocycles. The quantitative estimate of drug-likeness (QED) is 0.684. The fourth-order valence-electron chi connectivity index (χ4n) is 1.70. The molecule has 0 bridgehead atoms. The van der Waals surface area contributed by atoms with Crippen LogP contribution in [0.3, 0.4) is 0 Å². The number of fused-ring (bicyclic) bond motifs is 1. The first-order valence-corrected chi connectivity index (χ1v) is 4.89. The lowest BCUT2D eigenvalue weighted by Crippen LogP contribution is -1.94. The molecule has 0 spiro atoms. The van der Waals surface area contributed by atoms with Crippen molar-refractivity contribution in [2.45, 2.75) is 26.7 Å². The van der Waals surface area contributed by atoms with Gasteiger partial charge in [0, 0.05) is 29.7 Å². The van der Waals surface area contributed by atoms with Crippen molar-refractivity contribution in [1.29, 1.82) is 0 Å². The van der Waals surface area contributed by atoms with E-state index >= 15 is 0 Å². The van der Waals surface area contributed by atoms with Crippen LogP contribution in [0.5, 0.6) is 0 Å². The first-order chi connectivity index (χ1) is 6.70. The minimum absolute atomic E-state index is 0.507. The highest BCUT2D eigenvalue weighted by molar-refractivity contribution is 5.86. The third-order valence-electron chi connectivity index (χ3n) is 2.54. The van der Waals surface area contributed by atoms with E-state index in [0.717, 1.165) is 5.69 Å². The Morgan fingerprint density at radius 1 is 1.14 bits per heavy atom. The van der Waals surface area contributed by atoms with Crippen molar-refractivity contribution in [2.75, 3.05) is 0 Å². The van der Waals surface area contributed by atoms with Gasteiger partial charge in [0.1, 0.15) is 0 Å². The van der Waals surface area contributed by atoms with Gasteiger partial charge >= 0.3 is 0 Å². The summed E-state index contributed by atoms with van der Waals surface area (Å²) in [5, 5.41) is 2.45. The van der Waals surface area contributed by atoms with Crippen LogP contribution in [0.4, 0.5) is 0 Å². The van der Waals surface area contributed by atoms with Crippen molar-refractivity contribution in [3.63, 3.8) is 0 Å². The molecule has 0 unspecified atom stereocenters. The average molecular weight is 186 g/mol. The Bertz CT molecular complexity index is 461. The summed E-state index contributed by atoms with van der Waals surface area (Å²) in [6.07, 6.45) is 5.71. The maximum absolute atomic E-state index is 4.39. The first kappa shape index (κ1) is 9.13. The van der Waals surface area contributed by atoms with Crippen molar-refractivity contribution >= 4 is 10.8 Å². The van der Waals surface area contributed by atoms with Gasteiger partial charge in [-0.05, 0) is 29.9 Å². The zero-order valence-electron chi connectivity index (χ0n) is 8.78. The summed E-state index contributed by atoms with van der Waals surface area (Å²) in [5.41, 5.74) is 2.35. The molecule has 0 saturated carbocycles. The molecule has 0 fully saturated rings. The molecule has 72 valence electrons. The van der Waals surface area contributed by atoms with E-state index in [1.807, 2.05) is 25.5 Å². The Kier molecular flexibility index (Phi) is 2.20. The second-order valence-corrected chi connectivity index (χ2v) is 3.87. The number of rotatable bonds is 1. The molecule has 2 aromatic heterocycles. The van der Waals surface area contributed by atoms with Crippen molar-refractivity contribution in [2.24, 2.45) is 0 Å². The van der Waals surface area contributed by atoms with Crippen LogP contribution in [-0.4, -0.2) is 9.97 Å². The standard InChI is InChI=1S/C12H14N2/c1-8(2)11-7-14-9(3)12-6-13-5-4-10(11)12/h4-8H,1-3H3. The van der Waals surface area contributed by atoms with Crippen molar-refractivity contribution in [1.82, 2.24) is 9.97 Å². The number of nitrogens with zero attached hydrogens (tertiary/aromatic N) is 2. The van der Waals surface area contributed by atoms with E-state index in [2.05, 4.69) is 29.9 Å². The van der Waals surface area contributed by atoms with Crippen LogP contribution in [-0.2, 0) is 0 Å². The zero-order valence-corrected chi connectivity index (χ0v) is 8.78. The lowest BCUT2D eigenvalue weighted by Gasteiger charge is -2.10. The van der Waals surface area contributed by atoms with Gasteiger partial charge in [-0.3, -0.25) is 9.97 Å². The average Bonchev–Trinajstić information content (AvgIpc) is 2.18. The monoisotopic (exact) mass is 186 g/mol. The van der Waals surface area contributed by atoms with Gasteiger partial charge in [0.15, 0.2) is 0 Å². The normalized spacial score (nSPS) is 11.1. The SMILES string of the molecule is Cc1ncc(C(C)C)c2ccncc12. The van der Waals surface area contributed by atoms with Crippen LogP contribution in [0.1, 0.15) is 31.0 Å². The van der Waals surface area contributed by atoms with Gasteiger partial charge in [-0.25, -0.2) is 0 Å². The molecule has 0 aliphatic rings. The Balaban J connectivity index is 2.82. The molecule has 0 aromatic carbocycles. The molecule has 0 aliphatic heterocycles. The van der Waals surface area contributed by atoms with E-state index in [9.17, 15) is 0 Å². The van der Waals surface area contributed by atoms with Gasteiger partial charge in [0.2, 0.25) is 0 Å². The molecule has 0 N–H and O–H groups in total. The van der Waals surface area contributed by atoms with Crippen LogP contribution < -0.4 is 0 Å². The predicted octanol–water partition coefficient (Wildman–Crippen LogP) is 3.06. The summed E-state index contributed by atoms with van der Waals surface area (Å²) in [6.45, 7) is 6.40. The summed E-state index contributed by atoms with van der Waals surface area (Å²) in [5.74, 6) is 0.507. The highest BCUT2D eigenvalue weighted by Crippen LogP contribution is 2.25. The maximum Gasteiger partial charge on any atom is 0.0466 e. The fourth-order valence-corrected chi connectivity index (χ4v) is 1.70. The van der Waals surface area contributed by atoms with Gasteiger partial charge in [-0.15, -0.1) is 0 Å². The van der Waals surface area contributed by atoms with Crippen LogP contribution in [0, 0.1) is 6.92 Å². The van der Waals surface area contributed by atoms with Crippen LogP contribution in [0.25, 0.3) is 10.8 Å². The summed E-state index contributed by atoms with van der Waals surface area (Å²) < 4.78 is 0. The summed E-state index contributed by atoms with van der Waals surface area (Å²) in [7, 11) is 0. The van der Waals surface area contributed by atoms with Crippen molar-refractivity contribution in [3.05, 3.63) is 35.9 Å². The molecule has 2 aromatic rings. The lowest BCUT2D eigenvalue weighted by atomic mass is 9.99. The number of hydrogen-bond donors (Lipinski definition) is 0. The van der Waals surface area contributed by atoms with E-state index in [1.165, 1.54) is 16.3 Å². The topological polar surface area (TPSA) is 25.8 Å². The number of pyridine rings is 2. The van der Waals surface area contributed by atoms with Gasteiger partial charge in [0.25, 0.3) is 0 Å². The number of aryl methyl sites for hydroxylation is 1. The van der Waals surface area contributed by atoms with E-state index in [1.54, 1.807) is 0 Å². The predicted molar refractivity (Wildman–Crippen MR) is 58.4 cm³/mol. The molecular formula is C12H14N2. The second-order valence-electron chi connectivity index (χ2n) is 3.87. The maximum atomic E-state index is 4.39. The largest absolute Gasteiger partial charge is 0.264 e. The summed E-state index contributed by atoms with van der Waals surface area (Å²) in [6, 6.07) is 2.07. The van der Waals surface area contributed by atoms with Crippen LogP contribution in [0.15, 0.2) is 24.7 Å². The number of hydrogen-bond acceptors (Lipinski definition) is 2. The third kappa shape index (κ3) is 1.37. The second kappa shape index (κ2) is 3.37. The Hall–Kier alpha value is -1.44. The highest BCUT2D eigenvalue weighted by Gasteiger charge is 2.07. The first-order valence-electron chi connectivity index (χ1n) is 4.89. The van der Waals surface area contributed by atoms with Gasteiger partial charge in [0.05, 0.1) is 0 Å². The zero-order chi connectivity index (χ0) is 10.1. The molecule has 2 rings (SSSR count). The molecule has 0 radical (unpaired) electrons. The minimum Gasteiger partial charge on any atom is -0.264 e. The van der Waals surface area contributed by atoms with E-state index in [0.29, 0.717) is 5.92 Å². The Labute approximate surface area is 84.0 Å². The summed E-state index contributed by atoms with van der Waals surface area (Å²) >= 11 is 0. The Morgan fingerprint density at radius 2 is 1.93 bits per heavy atom. The van der Waals surface area contributed by atoms with E-state index < -0.39 is 0 Å². The van der Waals surface area contributed by atoms with Crippen molar-refractivity contribution < 1.29 is 0 Å². The molecular weight excluding hydrogens is 172 g/mol. The third-order valence-corrected chi connectivity index (χ3v) is 2.54. The smallest absolute Gasteiger partial charge is 0.0466 e. The van der Waals surface area contributed by atoms with Gasteiger partial charge < -0.3 is 0 Å². The lowest BCUT2D eigenvalue weighted by molar-refractivity contribution is 0.867. The molecule has 14 heavy (non-hydrogen) atoms. The molecule has 0 aliphatic carbocycles. The molecule has 0 saturated heterocycles. The summed E-state index contributed by atoms with van der Waals surface area (Å²) in [4.78, 5) is 8.52. The molecule has 0 atom stereocenters. The highest BCUT2D eigenvalue weighted by atomic mass is 14.7. The van der Waals surface area contributed by atoms with Crippen LogP contribution in [0.2, 0.25) is 0 Å². The van der Waals surface area contributed by atoms with E-state index in [-0.39, 0.29) is 0 Å². The number of aromatic nitrogens is 2. The van der Waals surface area contributed by atoms with Crippen molar-refractivity contribution in [3.8, 4) is 0 Å². The minimum atomic E-state index is 0.507. The van der Waals surface area contributed by atoms with E-state index in [4.69, 9.17) is 0 Å². The van der Waals surface area contributed by atoms with Gasteiger partial charge in [-0.1, -0.05) is 13.8 Å². The Morgan fingerprint density at radius 3 is 2.64 bits per heavy atom. The van der Waals surface area contributed by atoms with Gasteiger partial charge in [-0.2, -0.15) is 0 Å². The molecule has 0 amide bonds. The molecule has 2 nitrogen and oxygen atoms in total. The fraction of sp³-hybridized carbons (Fsp3) is 0.333. The van der Waals surface area contributed by atoms with Crippen LogP contribution >= 0.6 is 0 Å². The molecule has 2 heteroatoms.